The van der Waals surface area contributed by atoms with Crippen molar-refractivity contribution in [2.45, 2.75) is 264 Å². The van der Waals surface area contributed by atoms with E-state index in [2.05, 4.69) is 74.7 Å². The topological polar surface area (TPSA) is 95.9 Å². The van der Waals surface area contributed by atoms with Crippen molar-refractivity contribution in [2.75, 3.05) is 6.61 Å². The zero-order chi connectivity index (χ0) is 42.4. The van der Waals surface area contributed by atoms with E-state index in [-0.39, 0.29) is 24.9 Å². The zero-order valence-electron chi connectivity index (χ0n) is 38.4. The number of allylic oxidation sites excluding steroid dienone is 8. The molecule has 0 aromatic carbocycles. The summed E-state index contributed by atoms with van der Waals surface area (Å²) in [5, 5.41) is 23.7. The van der Waals surface area contributed by atoms with Crippen molar-refractivity contribution in [2.24, 2.45) is 0 Å². The predicted molar refractivity (Wildman–Crippen MR) is 250 cm³/mol. The molecule has 3 N–H and O–H groups in total. The summed E-state index contributed by atoms with van der Waals surface area (Å²) in [6, 6.07) is -0.705. The van der Waals surface area contributed by atoms with Crippen LogP contribution in [0.3, 0.4) is 0 Å². The number of ether oxygens (including phenoxy) is 1. The van der Waals surface area contributed by atoms with Crippen LogP contribution in [-0.2, 0) is 14.3 Å². The lowest BCUT2D eigenvalue weighted by atomic mass is 10.0. The van der Waals surface area contributed by atoms with Crippen molar-refractivity contribution in [1.29, 1.82) is 0 Å². The molecule has 0 aliphatic rings. The molecule has 0 saturated carbocycles. The molecule has 0 aliphatic heterocycles. The average Bonchev–Trinajstić information content (AvgIpc) is 3.22. The maximum absolute atomic E-state index is 13.2. The van der Waals surface area contributed by atoms with E-state index in [9.17, 15) is 19.8 Å². The van der Waals surface area contributed by atoms with Gasteiger partial charge in [-0.1, -0.05) is 217 Å². The van der Waals surface area contributed by atoms with Crippen LogP contribution in [0, 0.1) is 0 Å². The van der Waals surface area contributed by atoms with Crippen molar-refractivity contribution in [3.05, 3.63) is 48.6 Å². The van der Waals surface area contributed by atoms with E-state index in [1.165, 1.54) is 116 Å². The summed E-state index contributed by atoms with van der Waals surface area (Å²) < 4.78 is 5.91. The van der Waals surface area contributed by atoms with Crippen LogP contribution in [0.1, 0.15) is 245 Å². The highest BCUT2D eigenvalue weighted by molar-refractivity contribution is 5.77. The van der Waals surface area contributed by atoms with Crippen LogP contribution in [0.15, 0.2) is 48.6 Å². The quantitative estimate of drug-likeness (QED) is 0.0323. The van der Waals surface area contributed by atoms with Gasteiger partial charge in [-0.15, -0.1) is 0 Å². The van der Waals surface area contributed by atoms with Gasteiger partial charge in [-0.05, 0) is 64.2 Å². The lowest BCUT2D eigenvalue weighted by molar-refractivity contribution is -0.151. The van der Waals surface area contributed by atoms with Gasteiger partial charge in [0.2, 0.25) is 5.91 Å². The van der Waals surface area contributed by atoms with Crippen LogP contribution in [0.25, 0.3) is 0 Å². The summed E-state index contributed by atoms with van der Waals surface area (Å²) in [4.78, 5) is 26.1. The van der Waals surface area contributed by atoms with Gasteiger partial charge in [0.15, 0.2) is 0 Å². The second kappa shape index (κ2) is 45.9. The first kappa shape index (κ1) is 55.8. The standard InChI is InChI=1S/C52H95NO5/c1-4-7-10-13-16-19-22-24-25-26-27-30-33-36-39-42-45-52(57)58-48(43-40-37-34-31-28-21-18-15-12-9-6-3)46-51(56)53-49(47-54)50(55)44-41-38-35-32-29-23-20-17-14-11-8-5-2/h7,10,16,19,24-25,27,30,48-50,54-55H,4-6,8-9,11-15,17-18,20-23,26,28-29,31-47H2,1-3H3,(H,53,56)/b10-7+,19-16+,25-24+,30-27+. The Hall–Kier alpha value is -2.18. The molecule has 0 bridgehead atoms. The van der Waals surface area contributed by atoms with Crippen molar-refractivity contribution in [3.8, 4) is 0 Å². The first-order valence-corrected chi connectivity index (χ1v) is 24.9. The lowest BCUT2D eigenvalue weighted by Gasteiger charge is -2.24. The van der Waals surface area contributed by atoms with Gasteiger partial charge in [-0.3, -0.25) is 9.59 Å². The SMILES string of the molecule is CC/C=C/C/C=C/C/C=C/C/C=C/CCCCCC(=O)OC(CCCCCCCCCCCCC)CC(=O)NC(CO)C(O)CCCCCCCCCCCCCC. The number of esters is 1. The molecular formula is C52H95NO5. The minimum absolute atomic E-state index is 0.0666. The molecule has 0 spiro atoms. The van der Waals surface area contributed by atoms with E-state index in [0.29, 0.717) is 19.3 Å². The van der Waals surface area contributed by atoms with Crippen LogP contribution in [0.4, 0.5) is 0 Å². The molecule has 3 unspecified atom stereocenters. The van der Waals surface area contributed by atoms with Gasteiger partial charge in [0.05, 0.1) is 25.2 Å². The Morgan fingerprint density at radius 2 is 0.931 bits per heavy atom. The zero-order valence-corrected chi connectivity index (χ0v) is 38.4. The molecule has 0 heterocycles. The summed E-state index contributed by atoms with van der Waals surface area (Å²) in [6.45, 7) is 6.36. The summed E-state index contributed by atoms with van der Waals surface area (Å²) in [5.41, 5.74) is 0. The normalized spacial score (nSPS) is 13.7. The molecule has 0 aromatic heterocycles. The first-order valence-electron chi connectivity index (χ1n) is 24.9. The molecular weight excluding hydrogens is 719 g/mol. The lowest BCUT2D eigenvalue weighted by Crippen LogP contribution is -2.46. The number of aliphatic hydroxyl groups is 2. The van der Waals surface area contributed by atoms with Crippen molar-refractivity contribution in [1.82, 2.24) is 5.32 Å². The van der Waals surface area contributed by atoms with Gasteiger partial charge >= 0.3 is 5.97 Å². The van der Waals surface area contributed by atoms with Crippen molar-refractivity contribution < 1.29 is 24.5 Å². The molecule has 1 amide bonds. The fourth-order valence-electron chi connectivity index (χ4n) is 7.42. The number of hydrogen-bond donors (Lipinski definition) is 3. The second-order valence-corrected chi connectivity index (χ2v) is 16.8. The number of amides is 1. The summed E-state index contributed by atoms with van der Waals surface area (Å²) >= 11 is 0. The monoisotopic (exact) mass is 814 g/mol. The van der Waals surface area contributed by atoms with E-state index in [4.69, 9.17) is 4.74 Å². The molecule has 6 heteroatoms. The molecule has 0 rings (SSSR count). The molecule has 0 saturated heterocycles. The van der Waals surface area contributed by atoms with E-state index in [1.54, 1.807) is 0 Å². The number of carbonyl (C=O) groups excluding carboxylic acids is 2. The third kappa shape index (κ3) is 40.6. The largest absolute Gasteiger partial charge is 0.462 e. The second-order valence-electron chi connectivity index (χ2n) is 16.8. The minimum atomic E-state index is -0.790. The molecule has 338 valence electrons. The molecule has 6 nitrogen and oxygen atoms in total. The molecule has 0 aromatic rings. The van der Waals surface area contributed by atoms with Gasteiger partial charge in [0, 0.05) is 6.42 Å². The summed E-state index contributed by atoms with van der Waals surface area (Å²) in [7, 11) is 0. The third-order valence-corrected chi connectivity index (χ3v) is 11.2. The van der Waals surface area contributed by atoms with Crippen LogP contribution in [-0.4, -0.2) is 46.9 Å². The highest BCUT2D eigenvalue weighted by Crippen LogP contribution is 2.18. The number of carbonyl (C=O) groups is 2. The van der Waals surface area contributed by atoms with Gasteiger partial charge in [0.1, 0.15) is 6.10 Å². The smallest absolute Gasteiger partial charge is 0.306 e. The maximum Gasteiger partial charge on any atom is 0.306 e. The fraction of sp³-hybridized carbons (Fsp3) is 0.808. The molecule has 0 radical (unpaired) electrons. The minimum Gasteiger partial charge on any atom is -0.462 e. The van der Waals surface area contributed by atoms with Crippen LogP contribution >= 0.6 is 0 Å². The molecule has 58 heavy (non-hydrogen) atoms. The van der Waals surface area contributed by atoms with Crippen LogP contribution in [0.5, 0.6) is 0 Å². The van der Waals surface area contributed by atoms with Crippen LogP contribution in [0.2, 0.25) is 0 Å². The van der Waals surface area contributed by atoms with Crippen LogP contribution < -0.4 is 5.32 Å². The van der Waals surface area contributed by atoms with Crippen molar-refractivity contribution >= 4 is 11.9 Å². The Morgan fingerprint density at radius 1 is 0.517 bits per heavy atom. The van der Waals surface area contributed by atoms with E-state index >= 15 is 0 Å². The summed E-state index contributed by atoms with van der Waals surface area (Å²) in [6.07, 6.45) is 54.5. The number of aliphatic hydroxyl groups excluding tert-OH is 2. The van der Waals surface area contributed by atoms with Gasteiger partial charge in [-0.2, -0.15) is 0 Å². The Morgan fingerprint density at radius 3 is 1.40 bits per heavy atom. The van der Waals surface area contributed by atoms with E-state index in [0.717, 1.165) is 83.5 Å². The average molecular weight is 814 g/mol. The predicted octanol–water partition coefficient (Wildman–Crippen LogP) is 14.7. The number of nitrogens with one attached hydrogen (secondary N) is 1. The van der Waals surface area contributed by atoms with E-state index < -0.39 is 18.2 Å². The Bertz CT molecular complexity index is 1000. The number of unbranched alkanes of at least 4 members (excludes halogenated alkanes) is 24. The fourth-order valence-corrected chi connectivity index (χ4v) is 7.42. The highest BCUT2D eigenvalue weighted by Gasteiger charge is 2.24. The van der Waals surface area contributed by atoms with Gasteiger partial charge in [-0.25, -0.2) is 0 Å². The highest BCUT2D eigenvalue weighted by atomic mass is 16.5. The van der Waals surface area contributed by atoms with Gasteiger partial charge in [0.25, 0.3) is 0 Å². The Kier molecular flexibility index (Phi) is 44.2. The maximum atomic E-state index is 13.2. The number of rotatable bonds is 44. The molecule has 3 atom stereocenters. The third-order valence-electron chi connectivity index (χ3n) is 11.2. The molecule has 0 fully saturated rings. The Labute approximate surface area is 359 Å². The molecule has 0 aliphatic carbocycles. The summed E-state index contributed by atoms with van der Waals surface area (Å²) in [5.74, 6) is -0.505. The number of hydrogen-bond acceptors (Lipinski definition) is 5. The Balaban J connectivity index is 4.59. The first-order chi connectivity index (χ1) is 28.5. The van der Waals surface area contributed by atoms with E-state index in [1.807, 2.05) is 0 Å². The van der Waals surface area contributed by atoms with Crippen molar-refractivity contribution in [3.63, 3.8) is 0 Å². The van der Waals surface area contributed by atoms with Gasteiger partial charge < -0.3 is 20.3 Å².